The Kier molecular flexibility index (Phi) is 4.42. The first-order valence-electron chi connectivity index (χ1n) is 5.62. The van der Waals surface area contributed by atoms with Gasteiger partial charge in [0.1, 0.15) is 5.82 Å². The summed E-state index contributed by atoms with van der Waals surface area (Å²) in [5.74, 6) is -1.56. The summed E-state index contributed by atoms with van der Waals surface area (Å²) < 4.78 is 13.6. The van der Waals surface area contributed by atoms with Crippen molar-refractivity contribution < 1.29 is 14.3 Å². The van der Waals surface area contributed by atoms with E-state index >= 15 is 0 Å². The topological polar surface area (TPSA) is 37.3 Å². The van der Waals surface area contributed by atoms with Gasteiger partial charge in [-0.2, -0.15) is 0 Å². The van der Waals surface area contributed by atoms with Crippen LogP contribution in [0.15, 0.2) is 42.5 Å². The van der Waals surface area contributed by atoms with Gasteiger partial charge in [-0.25, -0.2) is 9.18 Å². The summed E-state index contributed by atoms with van der Waals surface area (Å²) in [6.45, 7) is 0. The van der Waals surface area contributed by atoms with E-state index in [-0.39, 0.29) is 0 Å². The van der Waals surface area contributed by atoms with Crippen LogP contribution in [0.3, 0.4) is 0 Å². The van der Waals surface area contributed by atoms with Crippen molar-refractivity contribution in [1.29, 1.82) is 0 Å². The van der Waals surface area contributed by atoms with Gasteiger partial charge in [0, 0.05) is 16.1 Å². The molecular weight excluding hydrogens is 302 g/mol. The van der Waals surface area contributed by atoms with Gasteiger partial charge in [0.25, 0.3) is 0 Å². The third kappa shape index (κ3) is 3.83. The van der Waals surface area contributed by atoms with E-state index in [4.69, 9.17) is 28.3 Å². The van der Waals surface area contributed by atoms with Crippen molar-refractivity contribution in [3.63, 3.8) is 0 Å². The molecule has 2 aromatic rings. The second-order valence-corrected chi connectivity index (χ2v) is 4.98. The maximum Gasteiger partial charge on any atom is 0.328 e. The lowest BCUT2D eigenvalue weighted by molar-refractivity contribution is -0.131. The van der Waals surface area contributed by atoms with Gasteiger partial charge in [-0.15, -0.1) is 0 Å². The summed E-state index contributed by atoms with van der Waals surface area (Å²) in [4.78, 5) is 10.5. The molecule has 5 heteroatoms. The number of halogens is 3. The van der Waals surface area contributed by atoms with Gasteiger partial charge in [0.15, 0.2) is 0 Å². The van der Waals surface area contributed by atoms with E-state index in [1.165, 1.54) is 18.2 Å². The molecule has 0 radical (unpaired) electrons. The Labute approximate surface area is 125 Å². The first kappa shape index (κ1) is 14.6. The van der Waals surface area contributed by atoms with E-state index in [9.17, 15) is 9.18 Å². The molecule has 0 amide bonds. The highest BCUT2D eigenvalue weighted by molar-refractivity contribution is 6.35. The molecule has 20 heavy (non-hydrogen) atoms. The SMILES string of the molecule is O=C(O)/C=C/c1cc(F)cc(-c2cc(Cl)cc(Cl)c2)c1. The fraction of sp³-hybridized carbons (Fsp3) is 0. The van der Waals surface area contributed by atoms with E-state index < -0.39 is 11.8 Å². The molecule has 2 nitrogen and oxygen atoms in total. The van der Waals surface area contributed by atoms with Crippen LogP contribution in [-0.4, -0.2) is 11.1 Å². The quantitative estimate of drug-likeness (QED) is 0.819. The van der Waals surface area contributed by atoms with Crippen molar-refractivity contribution in [2.45, 2.75) is 0 Å². The second-order valence-electron chi connectivity index (χ2n) is 4.10. The molecule has 0 aliphatic heterocycles. The van der Waals surface area contributed by atoms with Gasteiger partial charge in [0.2, 0.25) is 0 Å². The molecule has 0 aromatic heterocycles. The van der Waals surface area contributed by atoms with E-state index in [2.05, 4.69) is 0 Å². The molecule has 0 atom stereocenters. The fourth-order valence-corrected chi connectivity index (χ4v) is 2.29. The summed E-state index contributed by atoms with van der Waals surface area (Å²) in [6.07, 6.45) is 2.27. The maximum absolute atomic E-state index is 13.6. The smallest absolute Gasteiger partial charge is 0.328 e. The molecule has 0 spiro atoms. The van der Waals surface area contributed by atoms with Gasteiger partial charge in [-0.3, -0.25) is 0 Å². The van der Waals surface area contributed by atoms with Gasteiger partial charge in [0.05, 0.1) is 0 Å². The molecule has 0 saturated heterocycles. The van der Waals surface area contributed by atoms with Crippen LogP contribution >= 0.6 is 23.2 Å². The Balaban J connectivity index is 2.49. The highest BCUT2D eigenvalue weighted by Crippen LogP contribution is 2.28. The summed E-state index contributed by atoms with van der Waals surface area (Å²) in [5.41, 5.74) is 1.67. The first-order valence-corrected chi connectivity index (χ1v) is 6.38. The molecule has 0 aliphatic rings. The monoisotopic (exact) mass is 310 g/mol. The van der Waals surface area contributed by atoms with Gasteiger partial charge >= 0.3 is 5.97 Å². The molecule has 0 bridgehead atoms. The number of carboxylic acid groups (broad SMARTS) is 1. The normalized spacial score (nSPS) is 10.9. The minimum absolute atomic E-state index is 0.443. The maximum atomic E-state index is 13.6. The summed E-state index contributed by atoms with van der Waals surface area (Å²) in [7, 11) is 0. The summed E-state index contributed by atoms with van der Waals surface area (Å²) in [5, 5.41) is 9.48. The van der Waals surface area contributed by atoms with Gasteiger partial charge in [-0.1, -0.05) is 23.2 Å². The number of hydrogen-bond acceptors (Lipinski definition) is 1. The Morgan fingerprint density at radius 3 is 2.20 bits per heavy atom. The minimum Gasteiger partial charge on any atom is -0.478 e. The lowest BCUT2D eigenvalue weighted by atomic mass is 10.0. The Morgan fingerprint density at radius 1 is 1.00 bits per heavy atom. The van der Waals surface area contributed by atoms with Crippen molar-refractivity contribution in [2.75, 3.05) is 0 Å². The zero-order chi connectivity index (χ0) is 14.7. The first-order chi connectivity index (χ1) is 9.44. The Hall–Kier alpha value is -1.84. The molecule has 0 heterocycles. The molecule has 0 aliphatic carbocycles. The summed E-state index contributed by atoms with van der Waals surface area (Å²) >= 11 is 11.8. The molecule has 2 aromatic carbocycles. The lowest BCUT2D eigenvalue weighted by Crippen LogP contribution is -1.87. The van der Waals surface area contributed by atoms with Crippen LogP contribution in [0.5, 0.6) is 0 Å². The van der Waals surface area contributed by atoms with Crippen molar-refractivity contribution >= 4 is 35.2 Å². The lowest BCUT2D eigenvalue weighted by Gasteiger charge is -2.05. The Bertz CT molecular complexity index is 676. The zero-order valence-electron chi connectivity index (χ0n) is 10.1. The largest absolute Gasteiger partial charge is 0.478 e. The van der Waals surface area contributed by atoms with Crippen LogP contribution < -0.4 is 0 Å². The van der Waals surface area contributed by atoms with Gasteiger partial charge < -0.3 is 5.11 Å². The van der Waals surface area contributed by atoms with Crippen LogP contribution in [0.1, 0.15) is 5.56 Å². The number of rotatable bonds is 3. The predicted molar refractivity (Wildman–Crippen MR) is 78.5 cm³/mol. The van der Waals surface area contributed by atoms with Gasteiger partial charge in [-0.05, 0) is 59.2 Å². The van der Waals surface area contributed by atoms with Crippen molar-refractivity contribution in [3.05, 3.63) is 63.9 Å². The number of carbonyl (C=O) groups is 1. The van der Waals surface area contributed by atoms with Crippen LogP contribution in [0, 0.1) is 5.82 Å². The number of carboxylic acids is 1. The Morgan fingerprint density at radius 2 is 1.60 bits per heavy atom. The zero-order valence-corrected chi connectivity index (χ0v) is 11.6. The molecule has 0 saturated carbocycles. The summed E-state index contributed by atoms with van der Waals surface area (Å²) in [6, 6.07) is 9.14. The highest BCUT2D eigenvalue weighted by atomic mass is 35.5. The fourth-order valence-electron chi connectivity index (χ4n) is 1.76. The van der Waals surface area contributed by atoms with E-state index in [0.29, 0.717) is 26.7 Å². The standard InChI is InChI=1S/C15H9Cl2FO2/c16-12-5-11(6-13(17)8-12)10-3-9(1-2-15(19)20)4-14(18)7-10/h1-8H,(H,19,20)/b2-1+. The van der Waals surface area contributed by atoms with Crippen LogP contribution in [0.2, 0.25) is 10.0 Å². The molecule has 0 fully saturated rings. The van der Waals surface area contributed by atoms with Crippen LogP contribution in [0.4, 0.5) is 4.39 Å². The van der Waals surface area contributed by atoms with E-state index in [1.54, 1.807) is 24.3 Å². The molecule has 1 N–H and O–H groups in total. The average Bonchev–Trinajstić information content (AvgIpc) is 2.34. The van der Waals surface area contributed by atoms with Crippen LogP contribution in [-0.2, 0) is 4.79 Å². The minimum atomic E-state index is -1.10. The third-order valence-corrected chi connectivity index (χ3v) is 2.97. The highest BCUT2D eigenvalue weighted by Gasteiger charge is 2.05. The second kappa shape index (κ2) is 6.07. The van der Waals surface area contributed by atoms with Crippen molar-refractivity contribution in [1.82, 2.24) is 0 Å². The number of aliphatic carboxylic acids is 1. The van der Waals surface area contributed by atoms with Crippen molar-refractivity contribution in [3.8, 4) is 11.1 Å². The van der Waals surface area contributed by atoms with Crippen molar-refractivity contribution in [2.24, 2.45) is 0 Å². The van der Waals surface area contributed by atoms with E-state index in [1.807, 2.05) is 0 Å². The molecular formula is C15H9Cl2FO2. The predicted octanol–water partition coefficient (Wildman–Crippen LogP) is 4.90. The number of benzene rings is 2. The average molecular weight is 311 g/mol. The molecule has 2 rings (SSSR count). The van der Waals surface area contributed by atoms with Crippen LogP contribution in [0.25, 0.3) is 17.2 Å². The van der Waals surface area contributed by atoms with E-state index in [0.717, 1.165) is 6.08 Å². The molecule has 102 valence electrons. The molecule has 0 unspecified atom stereocenters. The number of hydrogen-bond donors (Lipinski definition) is 1. The third-order valence-electron chi connectivity index (χ3n) is 2.53.